The highest BCUT2D eigenvalue weighted by molar-refractivity contribution is 5.71. The van der Waals surface area contributed by atoms with E-state index in [-0.39, 0.29) is 0 Å². The Morgan fingerprint density at radius 3 is 3.07 bits per heavy atom. The van der Waals surface area contributed by atoms with Crippen LogP contribution in [0, 0.1) is 0 Å². The monoisotopic (exact) mass is 352 g/mol. The molecule has 2 unspecified atom stereocenters. The summed E-state index contributed by atoms with van der Waals surface area (Å²) in [7, 11) is 2.22. The minimum absolute atomic E-state index is 0.459. The van der Waals surface area contributed by atoms with Gasteiger partial charge in [-0.25, -0.2) is 0 Å². The first-order chi connectivity index (χ1) is 13.3. The normalized spacial score (nSPS) is 24.3. The van der Waals surface area contributed by atoms with Gasteiger partial charge >= 0.3 is 0 Å². The number of hydrogen-bond acceptors (Lipinski definition) is 1. The van der Waals surface area contributed by atoms with Crippen LogP contribution in [0.1, 0.15) is 53.5 Å². The van der Waals surface area contributed by atoms with Crippen molar-refractivity contribution in [2.45, 2.75) is 37.5 Å². The summed E-state index contributed by atoms with van der Waals surface area (Å²) in [6.07, 6.45) is 20.8. The van der Waals surface area contributed by atoms with Crippen molar-refractivity contribution >= 4 is 23.9 Å². The Bertz CT molecular complexity index is 1160. The number of anilines is 1. The summed E-state index contributed by atoms with van der Waals surface area (Å²) in [6, 6.07) is 7.17. The zero-order valence-corrected chi connectivity index (χ0v) is 15.7. The zero-order chi connectivity index (χ0) is 18.0. The molecule has 2 nitrogen and oxygen atoms in total. The van der Waals surface area contributed by atoms with Gasteiger partial charge in [0.15, 0.2) is 0 Å². The van der Waals surface area contributed by atoms with Crippen molar-refractivity contribution in [3.05, 3.63) is 81.2 Å². The SMILES string of the molecule is CN1C2=CC=CCC2c2ccc(C3C=c4c5c([nH]c4=CC3)CCC=C5)cc21. The third-order valence-corrected chi connectivity index (χ3v) is 6.72. The Labute approximate surface area is 159 Å². The third-order valence-electron chi connectivity index (χ3n) is 6.72. The molecule has 2 heterocycles. The second-order valence-electron chi connectivity index (χ2n) is 8.18. The average Bonchev–Trinajstić information content (AvgIpc) is 3.23. The van der Waals surface area contributed by atoms with Crippen LogP contribution in [0.3, 0.4) is 0 Å². The molecule has 27 heavy (non-hydrogen) atoms. The lowest BCUT2D eigenvalue weighted by molar-refractivity contribution is 0.812. The van der Waals surface area contributed by atoms with Gasteiger partial charge < -0.3 is 9.88 Å². The first kappa shape index (κ1) is 15.3. The molecular formula is C25H24N2. The molecule has 3 aliphatic carbocycles. The van der Waals surface area contributed by atoms with Crippen LogP contribution >= 0.6 is 0 Å². The van der Waals surface area contributed by atoms with Crippen LogP contribution < -0.4 is 15.5 Å². The van der Waals surface area contributed by atoms with Crippen LogP contribution in [-0.4, -0.2) is 12.0 Å². The minimum atomic E-state index is 0.459. The standard InChI is InChI=1S/C25H24N2/c1-27-24-9-5-3-7-19(24)20-12-10-17(15-25(20)27)16-11-13-23-21(14-16)18-6-2-4-8-22(18)26-23/h2-3,5-6,9-10,12-16,19,26H,4,7-8,11H2,1H3. The number of allylic oxidation sites excluding steroid dienone is 5. The fourth-order valence-electron chi connectivity index (χ4n) is 5.27. The first-order valence-corrected chi connectivity index (χ1v) is 10.1. The van der Waals surface area contributed by atoms with Gasteiger partial charge in [-0.3, -0.25) is 0 Å². The second kappa shape index (κ2) is 5.63. The highest BCUT2D eigenvalue weighted by Gasteiger charge is 2.32. The molecule has 0 amide bonds. The van der Waals surface area contributed by atoms with Gasteiger partial charge in [0.1, 0.15) is 0 Å². The summed E-state index contributed by atoms with van der Waals surface area (Å²) in [6.45, 7) is 0. The Hall–Kier alpha value is -2.74. The molecule has 4 aliphatic rings. The van der Waals surface area contributed by atoms with Crippen molar-refractivity contribution in [2.75, 3.05) is 11.9 Å². The Morgan fingerprint density at radius 2 is 2.11 bits per heavy atom. The van der Waals surface area contributed by atoms with Crippen molar-refractivity contribution in [1.29, 1.82) is 0 Å². The van der Waals surface area contributed by atoms with Crippen LogP contribution in [-0.2, 0) is 6.42 Å². The topological polar surface area (TPSA) is 19.0 Å². The highest BCUT2D eigenvalue weighted by atomic mass is 15.1. The van der Waals surface area contributed by atoms with Gasteiger partial charge in [0.2, 0.25) is 0 Å². The number of nitrogens with zero attached hydrogens (tertiary/aromatic N) is 1. The van der Waals surface area contributed by atoms with E-state index < -0.39 is 0 Å². The minimum Gasteiger partial charge on any atom is -0.358 e. The number of aryl methyl sites for hydroxylation is 1. The summed E-state index contributed by atoms with van der Waals surface area (Å²) in [5.74, 6) is 1.00. The number of benzene rings is 1. The van der Waals surface area contributed by atoms with Gasteiger partial charge in [-0.1, -0.05) is 48.6 Å². The molecule has 0 saturated heterocycles. The largest absolute Gasteiger partial charge is 0.358 e. The van der Waals surface area contributed by atoms with Gasteiger partial charge in [0.25, 0.3) is 0 Å². The Kier molecular flexibility index (Phi) is 3.19. The van der Waals surface area contributed by atoms with E-state index in [0.717, 1.165) is 25.7 Å². The molecule has 0 bridgehead atoms. The number of fused-ring (bicyclic) bond motifs is 6. The lowest BCUT2D eigenvalue weighted by Gasteiger charge is -2.20. The smallest absolute Gasteiger partial charge is 0.0448 e. The molecule has 0 saturated carbocycles. The van der Waals surface area contributed by atoms with Crippen molar-refractivity contribution in [1.82, 2.24) is 4.98 Å². The predicted molar refractivity (Wildman–Crippen MR) is 113 cm³/mol. The first-order valence-electron chi connectivity index (χ1n) is 10.1. The number of nitrogens with one attached hydrogen (secondary N) is 1. The van der Waals surface area contributed by atoms with Gasteiger partial charge in [-0.15, -0.1) is 0 Å². The van der Waals surface area contributed by atoms with Crippen molar-refractivity contribution < 1.29 is 0 Å². The fourth-order valence-corrected chi connectivity index (χ4v) is 5.27. The summed E-state index contributed by atoms with van der Waals surface area (Å²) >= 11 is 0. The molecule has 6 rings (SSSR count). The van der Waals surface area contributed by atoms with Crippen molar-refractivity contribution in [3.8, 4) is 0 Å². The van der Waals surface area contributed by atoms with Crippen LogP contribution in [0.2, 0.25) is 0 Å². The molecule has 0 radical (unpaired) electrons. The molecule has 1 aromatic heterocycles. The predicted octanol–water partition coefficient (Wildman–Crippen LogP) is 4.10. The number of rotatable bonds is 1. The van der Waals surface area contributed by atoms with Crippen LogP contribution in [0.15, 0.2) is 48.2 Å². The quantitative estimate of drug-likeness (QED) is 0.819. The van der Waals surface area contributed by atoms with E-state index in [0.29, 0.717) is 11.8 Å². The molecule has 1 aromatic carbocycles. The number of aromatic amines is 1. The van der Waals surface area contributed by atoms with Crippen LogP contribution in [0.5, 0.6) is 0 Å². The number of hydrogen-bond donors (Lipinski definition) is 1. The number of H-pyrrole nitrogens is 1. The van der Waals surface area contributed by atoms with Gasteiger partial charge in [0.05, 0.1) is 0 Å². The maximum absolute atomic E-state index is 3.65. The molecule has 2 aromatic rings. The Balaban J connectivity index is 1.43. The maximum atomic E-state index is 3.65. The molecule has 0 spiro atoms. The van der Waals surface area contributed by atoms with Gasteiger partial charge in [-0.05, 0) is 49.0 Å². The summed E-state index contributed by atoms with van der Waals surface area (Å²) in [5.41, 5.74) is 8.58. The van der Waals surface area contributed by atoms with Crippen LogP contribution in [0.4, 0.5) is 5.69 Å². The maximum Gasteiger partial charge on any atom is 0.0448 e. The van der Waals surface area contributed by atoms with Gasteiger partial charge in [-0.2, -0.15) is 0 Å². The molecule has 2 atom stereocenters. The lowest BCUT2D eigenvalue weighted by atomic mass is 9.87. The zero-order valence-electron chi connectivity index (χ0n) is 15.7. The molecule has 1 N–H and O–H groups in total. The number of aromatic nitrogens is 1. The molecule has 0 fully saturated rings. The van der Waals surface area contributed by atoms with E-state index >= 15 is 0 Å². The fraction of sp³-hybridized carbons (Fsp3) is 0.280. The summed E-state index contributed by atoms with van der Waals surface area (Å²) < 4.78 is 0. The molecule has 2 heteroatoms. The molecule has 1 aliphatic heterocycles. The number of likely N-dealkylation sites (N-methyl/N-ethyl adjacent to an activating group) is 1. The van der Waals surface area contributed by atoms with Crippen molar-refractivity contribution in [3.63, 3.8) is 0 Å². The summed E-state index contributed by atoms with van der Waals surface area (Å²) in [5, 5.41) is 2.73. The van der Waals surface area contributed by atoms with E-state index in [1.54, 1.807) is 0 Å². The average molecular weight is 352 g/mol. The second-order valence-corrected chi connectivity index (χ2v) is 8.18. The molecular weight excluding hydrogens is 328 g/mol. The van der Waals surface area contributed by atoms with Crippen LogP contribution in [0.25, 0.3) is 18.2 Å². The highest BCUT2D eigenvalue weighted by Crippen LogP contribution is 2.47. The third kappa shape index (κ3) is 2.19. The van der Waals surface area contributed by atoms with E-state index in [2.05, 4.69) is 77.7 Å². The van der Waals surface area contributed by atoms with E-state index in [4.69, 9.17) is 0 Å². The van der Waals surface area contributed by atoms with E-state index in [1.807, 2.05) is 0 Å². The Morgan fingerprint density at radius 1 is 1.15 bits per heavy atom. The van der Waals surface area contributed by atoms with E-state index in [9.17, 15) is 0 Å². The van der Waals surface area contributed by atoms with Crippen molar-refractivity contribution in [2.24, 2.45) is 0 Å². The molecule has 134 valence electrons. The van der Waals surface area contributed by atoms with Gasteiger partial charge in [0, 0.05) is 52.1 Å². The summed E-state index contributed by atoms with van der Waals surface area (Å²) in [4.78, 5) is 6.04. The lowest BCUT2D eigenvalue weighted by Crippen LogP contribution is -2.28. The van der Waals surface area contributed by atoms with E-state index in [1.165, 1.54) is 44.3 Å².